The number of nitrogens with zero attached hydrogens (tertiary/aromatic N) is 1. The third-order valence-electron chi connectivity index (χ3n) is 3.36. The van der Waals surface area contributed by atoms with Gasteiger partial charge in [-0.25, -0.2) is 0 Å². The molecule has 1 aromatic rings. The average Bonchev–Trinajstić information content (AvgIpc) is 2.59. The molecule has 0 aliphatic carbocycles. The predicted molar refractivity (Wildman–Crippen MR) is 75.6 cm³/mol. The van der Waals surface area contributed by atoms with Gasteiger partial charge in [-0.15, -0.1) is 0 Å². The number of alkyl halides is 5. The van der Waals surface area contributed by atoms with Gasteiger partial charge in [-0.05, 0) is 18.2 Å². The van der Waals surface area contributed by atoms with Gasteiger partial charge in [0, 0.05) is 13.1 Å². The van der Waals surface area contributed by atoms with E-state index in [0.29, 0.717) is 6.07 Å². The Labute approximate surface area is 138 Å². The lowest BCUT2D eigenvalue weighted by atomic mass is 10.2. The molecule has 11 heteroatoms. The van der Waals surface area contributed by atoms with Crippen LogP contribution >= 0.6 is 0 Å². The highest BCUT2D eigenvalue weighted by atomic mass is 19.4. The summed E-state index contributed by atoms with van der Waals surface area (Å²) in [5, 5.41) is 0. The average molecular weight is 367 g/mol. The number of amides is 2. The van der Waals surface area contributed by atoms with Gasteiger partial charge in [0.15, 0.2) is 0 Å². The molecule has 1 fully saturated rings. The number of halogens is 5. The molecule has 1 saturated heterocycles. The van der Waals surface area contributed by atoms with E-state index in [1.54, 1.807) is 5.43 Å². The maximum absolute atomic E-state index is 13.9. The van der Waals surface area contributed by atoms with Gasteiger partial charge in [0.2, 0.25) is 0 Å². The van der Waals surface area contributed by atoms with Crippen LogP contribution in [0.1, 0.15) is 5.56 Å². The summed E-state index contributed by atoms with van der Waals surface area (Å²) in [5.41, 5.74) is 2.21. The Morgan fingerprint density at radius 2 is 1.72 bits per heavy atom. The number of ether oxygens (including phenoxy) is 1. The van der Waals surface area contributed by atoms with Gasteiger partial charge < -0.3 is 9.64 Å². The molecule has 2 amide bonds. The third kappa shape index (κ3) is 4.56. The molecule has 1 aliphatic heterocycles. The highest BCUT2D eigenvalue weighted by molar-refractivity contribution is 6.06. The fourth-order valence-electron chi connectivity index (χ4n) is 2.04. The van der Waals surface area contributed by atoms with Gasteiger partial charge in [-0.2, -0.15) is 22.0 Å². The molecule has 0 spiro atoms. The fourth-order valence-corrected chi connectivity index (χ4v) is 2.04. The Morgan fingerprint density at radius 1 is 1.08 bits per heavy atom. The second-order valence-corrected chi connectivity index (χ2v) is 5.14. The van der Waals surface area contributed by atoms with Crippen molar-refractivity contribution in [2.24, 2.45) is 0 Å². The van der Waals surface area contributed by atoms with E-state index in [0.717, 1.165) is 23.1 Å². The van der Waals surface area contributed by atoms with Crippen LogP contribution in [0.4, 0.5) is 27.6 Å². The molecule has 0 unspecified atom stereocenters. The third-order valence-corrected chi connectivity index (χ3v) is 3.36. The van der Waals surface area contributed by atoms with Crippen LogP contribution in [0.5, 0.6) is 0 Å². The number of anilines is 1. The number of hydrogen-bond donors (Lipinski definition) is 2. The molecule has 0 atom stereocenters. The van der Waals surface area contributed by atoms with Crippen molar-refractivity contribution in [2.45, 2.75) is 12.1 Å². The number of hydrogen-bond acceptors (Lipinski definition) is 4. The Kier molecular flexibility index (Phi) is 5.45. The predicted octanol–water partition coefficient (Wildman–Crippen LogP) is 1.64. The summed E-state index contributed by atoms with van der Waals surface area (Å²) < 4.78 is 70.4. The molecule has 2 N–H and O–H groups in total. The highest BCUT2D eigenvalue weighted by Gasteiger charge is 2.50. The maximum Gasteiger partial charge on any atom is 0.416 e. The van der Waals surface area contributed by atoms with E-state index in [1.807, 2.05) is 5.43 Å². The van der Waals surface area contributed by atoms with Crippen molar-refractivity contribution in [3.63, 3.8) is 0 Å². The quantitative estimate of drug-likeness (QED) is 0.482. The molecular weight excluding hydrogens is 353 g/mol. The summed E-state index contributed by atoms with van der Waals surface area (Å²) in [5.74, 6) is -8.04. The summed E-state index contributed by atoms with van der Waals surface area (Å²) >= 11 is 0. The number of carbonyl (C=O) groups excluding carboxylic acids is 2. The monoisotopic (exact) mass is 367 g/mol. The minimum atomic E-state index is -4.63. The lowest BCUT2D eigenvalue weighted by Crippen LogP contribution is -2.55. The summed E-state index contributed by atoms with van der Waals surface area (Å²) in [6.07, 6.45) is -4.63. The number of benzene rings is 1. The van der Waals surface area contributed by atoms with Crippen LogP contribution in [0.2, 0.25) is 0 Å². The molecule has 1 heterocycles. The number of hydrazine groups is 1. The Morgan fingerprint density at radius 3 is 2.32 bits per heavy atom. The SMILES string of the molecule is O=C(NNc1cccc(C(F)(F)F)c1)C(F)(F)C(=O)N1CCOCC1. The molecule has 1 aliphatic rings. The van der Waals surface area contributed by atoms with Crippen molar-refractivity contribution in [2.75, 3.05) is 31.7 Å². The van der Waals surface area contributed by atoms with E-state index < -0.39 is 29.5 Å². The van der Waals surface area contributed by atoms with Crippen molar-refractivity contribution >= 4 is 17.5 Å². The smallest absolute Gasteiger partial charge is 0.378 e. The van der Waals surface area contributed by atoms with Crippen molar-refractivity contribution in [3.05, 3.63) is 29.8 Å². The van der Waals surface area contributed by atoms with Crippen molar-refractivity contribution in [3.8, 4) is 0 Å². The van der Waals surface area contributed by atoms with Crippen LogP contribution < -0.4 is 10.9 Å². The van der Waals surface area contributed by atoms with Crippen LogP contribution in [0.3, 0.4) is 0 Å². The molecule has 0 bridgehead atoms. The lowest BCUT2D eigenvalue weighted by molar-refractivity contribution is -0.169. The molecule has 2 rings (SSSR count). The fraction of sp³-hybridized carbons (Fsp3) is 0.429. The highest BCUT2D eigenvalue weighted by Crippen LogP contribution is 2.30. The second kappa shape index (κ2) is 7.21. The number of morpholine rings is 1. The number of nitrogens with one attached hydrogen (secondary N) is 2. The van der Waals surface area contributed by atoms with E-state index in [9.17, 15) is 31.5 Å². The zero-order valence-electron chi connectivity index (χ0n) is 12.7. The molecule has 0 radical (unpaired) electrons. The summed E-state index contributed by atoms with van der Waals surface area (Å²) in [7, 11) is 0. The standard InChI is InChI=1S/C14H14F5N3O3/c15-13(16,12(24)22-4-6-25-7-5-22)11(23)21-20-10-3-1-2-9(8-10)14(17,18)19/h1-3,8,20H,4-7H2,(H,21,23). The van der Waals surface area contributed by atoms with Crippen molar-refractivity contribution < 1.29 is 36.3 Å². The van der Waals surface area contributed by atoms with E-state index in [2.05, 4.69) is 0 Å². The zero-order chi connectivity index (χ0) is 18.7. The maximum atomic E-state index is 13.9. The van der Waals surface area contributed by atoms with Crippen LogP contribution in [0.25, 0.3) is 0 Å². The molecule has 1 aromatic carbocycles. The number of rotatable bonds is 4. The normalized spacial score (nSPS) is 15.6. The van der Waals surface area contributed by atoms with Crippen LogP contribution in [0, 0.1) is 0 Å². The molecule has 138 valence electrons. The van der Waals surface area contributed by atoms with Crippen LogP contribution in [-0.2, 0) is 20.5 Å². The molecule has 6 nitrogen and oxygen atoms in total. The minimum absolute atomic E-state index is 0.0753. The van der Waals surface area contributed by atoms with Gasteiger partial charge in [0.1, 0.15) is 0 Å². The Balaban J connectivity index is 2.00. The molecule has 0 saturated carbocycles. The first-order valence-corrected chi connectivity index (χ1v) is 7.11. The van der Waals surface area contributed by atoms with Gasteiger partial charge in [0.05, 0.1) is 24.5 Å². The zero-order valence-corrected chi connectivity index (χ0v) is 12.7. The van der Waals surface area contributed by atoms with E-state index in [-0.39, 0.29) is 32.0 Å². The largest absolute Gasteiger partial charge is 0.416 e. The van der Waals surface area contributed by atoms with E-state index >= 15 is 0 Å². The lowest BCUT2D eigenvalue weighted by Gasteiger charge is -2.29. The topological polar surface area (TPSA) is 70.7 Å². The van der Waals surface area contributed by atoms with E-state index in [4.69, 9.17) is 4.74 Å². The first kappa shape index (κ1) is 18.9. The summed E-state index contributed by atoms with van der Waals surface area (Å²) in [4.78, 5) is 24.1. The van der Waals surface area contributed by atoms with Gasteiger partial charge >= 0.3 is 23.9 Å². The Hall–Kier alpha value is -2.43. The van der Waals surface area contributed by atoms with Gasteiger partial charge in [0.25, 0.3) is 0 Å². The molecule has 25 heavy (non-hydrogen) atoms. The first-order chi connectivity index (χ1) is 11.6. The van der Waals surface area contributed by atoms with Gasteiger partial charge in [-0.3, -0.25) is 20.4 Å². The minimum Gasteiger partial charge on any atom is -0.378 e. The van der Waals surface area contributed by atoms with Crippen molar-refractivity contribution in [1.29, 1.82) is 0 Å². The first-order valence-electron chi connectivity index (χ1n) is 7.11. The summed E-state index contributed by atoms with van der Waals surface area (Å²) in [6, 6.07) is 3.58. The van der Waals surface area contributed by atoms with E-state index in [1.165, 1.54) is 0 Å². The molecular formula is C14H14F5N3O3. The number of carbonyl (C=O) groups is 2. The molecule has 0 aromatic heterocycles. The van der Waals surface area contributed by atoms with Gasteiger partial charge in [-0.1, -0.05) is 6.07 Å². The second-order valence-electron chi connectivity index (χ2n) is 5.14. The van der Waals surface area contributed by atoms with Crippen LogP contribution in [0.15, 0.2) is 24.3 Å². The Bertz CT molecular complexity index is 645. The van der Waals surface area contributed by atoms with Crippen LogP contribution in [-0.4, -0.2) is 48.9 Å². The summed E-state index contributed by atoms with van der Waals surface area (Å²) in [6.45, 7) is -0.0105. The van der Waals surface area contributed by atoms with Crippen molar-refractivity contribution in [1.82, 2.24) is 10.3 Å².